The maximum absolute atomic E-state index is 12.4. The number of thiophene rings is 1. The van der Waals surface area contributed by atoms with Crippen LogP contribution in [0.3, 0.4) is 0 Å². The van der Waals surface area contributed by atoms with Crippen LogP contribution in [0.5, 0.6) is 0 Å². The van der Waals surface area contributed by atoms with Crippen LogP contribution in [0.25, 0.3) is 0 Å². The Labute approximate surface area is 132 Å². The molecule has 3 nitrogen and oxygen atoms in total. The summed E-state index contributed by atoms with van der Waals surface area (Å²) in [5.74, 6) is 0. The third-order valence-electron chi connectivity index (χ3n) is 2.98. The molecule has 1 unspecified atom stereocenters. The molecule has 0 aliphatic rings. The molecule has 0 amide bonds. The summed E-state index contributed by atoms with van der Waals surface area (Å²) in [6.45, 7) is 2.88. The summed E-state index contributed by atoms with van der Waals surface area (Å²) in [6.07, 6.45) is 0. The van der Waals surface area contributed by atoms with E-state index in [1.807, 2.05) is 17.5 Å². The number of hydrogen-bond donors (Lipinski definition) is 1. The molecular weight excluding hydrogens is 358 g/mol. The molecule has 1 aromatic heterocycles. The van der Waals surface area contributed by atoms with Crippen LogP contribution >= 0.6 is 27.3 Å². The van der Waals surface area contributed by atoms with Crippen LogP contribution in [0.2, 0.25) is 0 Å². The maximum Gasteiger partial charge on any atom is 0.182 e. The minimum absolute atomic E-state index is 0.367. The first-order valence-electron chi connectivity index (χ1n) is 6.22. The molecule has 1 heterocycles. The van der Waals surface area contributed by atoms with E-state index in [1.165, 1.54) is 4.88 Å². The summed E-state index contributed by atoms with van der Waals surface area (Å²) >= 11 is 4.97. The van der Waals surface area contributed by atoms with Gasteiger partial charge in [-0.1, -0.05) is 22.0 Å². The zero-order valence-electron chi connectivity index (χ0n) is 11.0. The number of rotatable bonds is 6. The number of nitrogens with one attached hydrogen (secondary N) is 1. The molecule has 0 aliphatic heterocycles. The molecule has 2 aromatic rings. The van der Waals surface area contributed by atoms with Crippen molar-refractivity contribution < 1.29 is 8.42 Å². The van der Waals surface area contributed by atoms with Gasteiger partial charge in [0.1, 0.15) is 0 Å². The highest BCUT2D eigenvalue weighted by atomic mass is 79.9. The summed E-state index contributed by atoms with van der Waals surface area (Å²) in [6, 6.07) is 10.8. The van der Waals surface area contributed by atoms with Crippen LogP contribution in [0.4, 0.5) is 0 Å². The molecule has 0 radical (unpaired) electrons. The minimum Gasteiger partial charge on any atom is -0.311 e. The van der Waals surface area contributed by atoms with E-state index in [0.717, 1.165) is 4.47 Å². The molecule has 0 saturated heterocycles. The Hall–Kier alpha value is -0.690. The quantitative estimate of drug-likeness (QED) is 0.842. The lowest BCUT2D eigenvalue weighted by Gasteiger charge is -2.13. The summed E-state index contributed by atoms with van der Waals surface area (Å²) < 4.78 is 25.6. The molecule has 1 aromatic carbocycles. The fourth-order valence-electron chi connectivity index (χ4n) is 1.78. The summed E-state index contributed by atoms with van der Waals surface area (Å²) in [7, 11) is -3.28. The second-order valence-corrected chi connectivity index (χ2v) is 8.83. The van der Waals surface area contributed by atoms with Gasteiger partial charge in [0.2, 0.25) is 0 Å². The molecule has 0 fully saturated rings. The highest BCUT2D eigenvalue weighted by Crippen LogP contribution is 2.19. The van der Waals surface area contributed by atoms with Crippen LogP contribution < -0.4 is 5.32 Å². The van der Waals surface area contributed by atoms with Crippen molar-refractivity contribution in [2.75, 3.05) is 6.54 Å². The largest absolute Gasteiger partial charge is 0.311 e. The third kappa shape index (κ3) is 3.91. The van der Waals surface area contributed by atoms with Crippen molar-refractivity contribution in [2.24, 2.45) is 0 Å². The van der Waals surface area contributed by atoms with Crippen molar-refractivity contribution in [3.8, 4) is 0 Å². The van der Waals surface area contributed by atoms with Gasteiger partial charge in [-0.2, -0.15) is 0 Å². The second-order valence-electron chi connectivity index (χ2n) is 4.52. The van der Waals surface area contributed by atoms with Gasteiger partial charge in [-0.3, -0.25) is 0 Å². The van der Waals surface area contributed by atoms with Crippen LogP contribution in [0.15, 0.2) is 51.1 Å². The molecule has 20 heavy (non-hydrogen) atoms. The van der Waals surface area contributed by atoms with Gasteiger partial charge in [-0.15, -0.1) is 11.3 Å². The zero-order valence-corrected chi connectivity index (χ0v) is 14.3. The van der Waals surface area contributed by atoms with Crippen LogP contribution in [0, 0.1) is 0 Å². The van der Waals surface area contributed by atoms with Gasteiger partial charge in [-0.05, 0) is 42.6 Å². The summed E-state index contributed by atoms with van der Waals surface area (Å²) in [5.41, 5.74) is 0. The number of sulfone groups is 1. The van der Waals surface area contributed by atoms with Crippen molar-refractivity contribution >= 4 is 37.1 Å². The monoisotopic (exact) mass is 373 g/mol. The number of halogens is 1. The fourth-order valence-corrected chi connectivity index (χ4v) is 4.03. The Kier molecular flexibility index (Phi) is 5.37. The maximum atomic E-state index is 12.4. The Morgan fingerprint density at radius 1 is 1.25 bits per heavy atom. The molecule has 2 rings (SSSR count). The topological polar surface area (TPSA) is 46.2 Å². The highest BCUT2D eigenvalue weighted by molar-refractivity contribution is 9.10. The lowest BCUT2D eigenvalue weighted by Crippen LogP contribution is -2.30. The van der Waals surface area contributed by atoms with Gasteiger partial charge < -0.3 is 5.32 Å². The van der Waals surface area contributed by atoms with Gasteiger partial charge in [-0.25, -0.2) is 8.42 Å². The van der Waals surface area contributed by atoms with E-state index in [9.17, 15) is 8.42 Å². The molecule has 0 spiro atoms. The van der Waals surface area contributed by atoms with Crippen molar-refractivity contribution in [1.82, 2.24) is 5.32 Å². The molecule has 108 valence electrons. The molecule has 1 atom stereocenters. The average Bonchev–Trinajstić information content (AvgIpc) is 2.92. The van der Waals surface area contributed by atoms with E-state index in [1.54, 1.807) is 42.5 Å². The SMILES string of the molecule is CC(CNCc1cccs1)S(=O)(=O)c1ccc(Br)cc1. The van der Waals surface area contributed by atoms with Crippen molar-refractivity contribution in [3.63, 3.8) is 0 Å². The number of hydrogen-bond acceptors (Lipinski definition) is 4. The molecule has 6 heteroatoms. The van der Waals surface area contributed by atoms with Crippen LogP contribution in [-0.2, 0) is 16.4 Å². The Bertz CT molecular complexity index is 636. The van der Waals surface area contributed by atoms with Gasteiger partial charge in [0.05, 0.1) is 10.1 Å². The molecule has 0 saturated carbocycles. The average molecular weight is 374 g/mol. The molecular formula is C14H16BrNO2S2. The summed E-state index contributed by atoms with van der Waals surface area (Å²) in [4.78, 5) is 1.57. The van der Waals surface area contributed by atoms with E-state index in [-0.39, 0.29) is 0 Å². The molecule has 1 N–H and O–H groups in total. The molecule has 0 bridgehead atoms. The van der Waals surface area contributed by atoms with E-state index in [4.69, 9.17) is 0 Å². The first kappa shape index (κ1) is 15.7. The predicted molar refractivity (Wildman–Crippen MR) is 86.8 cm³/mol. The Balaban J connectivity index is 1.96. The summed E-state index contributed by atoms with van der Waals surface area (Å²) in [5, 5.41) is 4.75. The first-order valence-corrected chi connectivity index (χ1v) is 9.44. The standard InChI is InChI=1S/C14H16BrNO2S2/c1-11(9-16-10-13-3-2-8-19-13)20(17,18)14-6-4-12(15)5-7-14/h2-8,11,16H,9-10H2,1H3. The molecule has 0 aliphatic carbocycles. The first-order chi connectivity index (χ1) is 9.50. The fraction of sp³-hybridized carbons (Fsp3) is 0.286. The predicted octanol–water partition coefficient (Wildman–Crippen LogP) is 3.46. The van der Waals surface area contributed by atoms with E-state index in [0.29, 0.717) is 18.0 Å². The van der Waals surface area contributed by atoms with Crippen molar-refractivity contribution in [3.05, 3.63) is 51.1 Å². The van der Waals surface area contributed by atoms with E-state index >= 15 is 0 Å². The van der Waals surface area contributed by atoms with Crippen molar-refractivity contribution in [1.29, 1.82) is 0 Å². The smallest absolute Gasteiger partial charge is 0.182 e. The Morgan fingerprint density at radius 2 is 1.95 bits per heavy atom. The van der Waals surface area contributed by atoms with Gasteiger partial charge in [0.15, 0.2) is 9.84 Å². The van der Waals surface area contributed by atoms with Crippen LogP contribution in [0.1, 0.15) is 11.8 Å². The zero-order chi connectivity index (χ0) is 14.6. The number of benzene rings is 1. The normalized spacial score (nSPS) is 13.3. The second kappa shape index (κ2) is 6.85. The third-order valence-corrected chi connectivity index (χ3v) is 6.54. The minimum atomic E-state index is -3.28. The van der Waals surface area contributed by atoms with Gasteiger partial charge >= 0.3 is 0 Å². The lowest BCUT2D eigenvalue weighted by atomic mass is 10.4. The van der Waals surface area contributed by atoms with Gasteiger partial charge in [0, 0.05) is 22.4 Å². The van der Waals surface area contributed by atoms with Crippen molar-refractivity contribution in [2.45, 2.75) is 23.6 Å². The van der Waals surface area contributed by atoms with Crippen LogP contribution in [-0.4, -0.2) is 20.2 Å². The Morgan fingerprint density at radius 3 is 2.55 bits per heavy atom. The van der Waals surface area contributed by atoms with E-state index in [2.05, 4.69) is 21.2 Å². The highest BCUT2D eigenvalue weighted by Gasteiger charge is 2.22. The van der Waals surface area contributed by atoms with E-state index < -0.39 is 15.1 Å². The van der Waals surface area contributed by atoms with Gasteiger partial charge in [0.25, 0.3) is 0 Å². The lowest BCUT2D eigenvalue weighted by molar-refractivity contribution is 0.572.